The highest BCUT2D eigenvalue weighted by atomic mass is 79.9. The zero-order chi connectivity index (χ0) is 16.9. The smallest absolute Gasteiger partial charge is 0.271 e. The van der Waals surface area contributed by atoms with Gasteiger partial charge in [0.05, 0.1) is 17.8 Å². The minimum atomic E-state index is -0.246. The number of rotatable bonds is 4. The Morgan fingerprint density at radius 2 is 1.88 bits per heavy atom. The summed E-state index contributed by atoms with van der Waals surface area (Å²) in [7, 11) is 1.61. The maximum absolute atomic E-state index is 12.2. The normalized spacial score (nSPS) is 10.9. The molecule has 0 aliphatic carbocycles. The molecule has 5 heteroatoms. The molecule has 0 radical (unpaired) electrons. The Kier molecular flexibility index (Phi) is 4.91. The zero-order valence-electron chi connectivity index (χ0n) is 13.0. The van der Waals surface area contributed by atoms with Gasteiger partial charge in [0, 0.05) is 5.56 Å². The van der Waals surface area contributed by atoms with E-state index in [4.69, 9.17) is 4.74 Å². The van der Waals surface area contributed by atoms with Crippen molar-refractivity contribution < 1.29 is 9.53 Å². The molecule has 0 aliphatic heterocycles. The Labute approximate surface area is 148 Å². The van der Waals surface area contributed by atoms with Crippen molar-refractivity contribution in [1.29, 1.82) is 0 Å². The van der Waals surface area contributed by atoms with Crippen molar-refractivity contribution >= 4 is 38.8 Å². The van der Waals surface area contributed by atoms with Crippen LogP contribution in [-0.4, -0.2) is 19.2 Å². The van der Waals surface area contributed by atoms with Gasteiger partial charge >= 0.3 is 0 Å². The summed E-state index contributed by atoms with van der Waals surface area (Å²) in [5.41, 5.74) is 3.96. The maximum Gasteiger partial charge on any atom is 0.271 e. The monoisotopic (exact) mass is 382 g/mol. The summed E-state index contributed by atoms with van der Waals surface area (Å²) in [6, 6.07) is 19.0. The topological polar surface area (TPSA) is 50.7 Å². The number of hydrogen-bond donors (Lipinski definition) is 1. The van der Waals surface area contributed by atoms with E-state index in [1.165, 1.54) is 0 Å². The van der Waals surface area contributed by atoms with Gasteiger partial charge in [0.25, 0.3) is 5.91 Å². The highest BCUT2D eigenvalue weighted by molar-refractivity contribution is 9.10. The Morgan fingerprint density at radius 3 is 2.62 bits per heavy atom. The van der Waals surface area contributed by atoms with Crippen LogP contribution in [0.2, 0.25) is 0 Å². The first-order valence-electron chi connectivity index (χ1n) is 7.33. The third-order valence-corrected chi connectivity index (χ3v) is 4.19. The number of methoxy groups -OCH3 is 1. The van der Waals surface area contributed by atoms with Crippen LogP contribution in [0.25, 0.3) is 10.8 Å². The molecule has 0 fully saturated rings. The fourth-order valence-electron chi connectivity index (χ4n) is 2.32. The van der Waals surface area contributed by atoms with Crippen LogP contribution < -0.4 is 10.2 Å². The van der Waals surface area contributed by atoms with Gasteiger partial charge in [-0.3, -0.25) is 4.79 Å². The summed E-state index contributed by atoms with van der Waals surface area (Å²) in [5, 5.41) is 6.13. The molecule has 1 N–H and O–H groups in total. The molecule has 0 saturated heterocycles. The van der Waals surface area contributed by atoms with Crippen molar-refractivity contribution in [2.24, 2.45) is 5.10 Å². The lowest BCUT2D eigenvalue weighted by molar-refractivity contribution is 0.0955. The molecule has 0 heterocycles. The van der Waals surface area contributed by atoms with Crippen LogP contribution in [-0.2, 0) is 0 Å². The standard InChI is InChI=1S/C19H15BrN2O2/c1-24-18-9-6-13(10-17(18)20)12-21-22-19(23)16-8-7-14-4-2-3-5-15(14)11-16/h2-12H,1H3,(H,22,23)/b21-12-. The first-order valence-corrected chi connectivity index (χ1v) is 8.12. The first kappa shape index (κ1) is 16.2. The van der Waals surface area contributed by atoms with Gasteiger partial charge in [-0.25, -0.2) is 5.43 Å². The summed E-state index contributed by atoms with van der Waals surface area (Å²) < 4.78 is 6.00. The number of nitrogens with one attached hydrogen (secondary N) is 1. The third kappa shape index (κ3) is 3.63. The van der Waals surface area contributed by atoms with Crippen molar-refractivity contribution in [1.82, 2.24) is 5.43 Å². The van der Waals surface area contributed by atoms with Crippen molar-refractivity contribution in [3.05, 3.63) is 76.3 Å². The predicted molar refractivity (Wildman–Crippen MR) is 99.7 cm³/mol. The highest BCUT2D eigenvalue weighted by Crippen LogP contribution is 2.24. The number of carbonyl (C=O) groups excluding carboxylic acids is 1. The number of benzene rings is 3. The number of halogens is 1. The Balaban J connectivity index is 1.71. The minimum absolute atomic E-state index is 0.246. The Morgan fingerprint density at radius 1 is 1.08 bits per heavy atom. The van der Waals surface area contributed by atoms with Crippen molar-refractivity contribution in [3.8, 4) is 5.75 Å². The molecule has 1 amide bonds. The first-order chi connectivity index (χ1) is 11.7. The fourth-order valence-corrected chi connectivity index (χ4v) is 2.88. The summed E-state index contributed by atoms with van der Waals surface area (Å²) >= 11 is 3.41. The fraction of sp³-hybridized carbons (Fsp3) is 0.0526. The van der Waals surface area contributed by atoms with Gasteiger partial charge in [0.1, 0.15) is 5.75 Å². The molecule has 0 atom stereocenters. The lowest BCUT2D eigenvalue weighted by atomic mass is 10.1. The summed E-state index contributed by atoms with van der Waals surface area (Å²) in [4.78, 5) is 12.2. The second-order valence-corrected chi connectivity index (χ2v) is 6.01. The molecule has 0 aromatic heterocycles. The highest BCUT2D eigenvalue weighted by Gasteiger charge is 2.05. The van der Waals surface area contributed by atoms with Crippen LogP contribution >= 0.6 is 15.9 Å². The third-order valence-electron chi connectivity index (χ3n) is 3.57. The minimum Gasteiger partial charge on any atom is -0.496 e. The predicted octanol–water partition coefficient (Wildman–Crippen LogP) is 4.37. The molecular formula is C19H15BrN2O2. The van der Waals surface area contributed by atoms with Crippen LogP contribution in [0.4, 0.5) is 0 Å². The average Bonchev–Trinajstić information content (AvgIpc) is 2.61. The van der Waals surface area contributed by atoms with Crippen molar-refractivity contribution in [2.75, 3.05) is 7.11 Å². The molecule has 3 rings (SSSR count). The molecule has 24 heavy (non-hydrogen) atoms. The molecular weight excluding hydrogens is 368 g/mol. The van der Waals surface area contributed by atoms with E-state index < -0.39 is 0 Å². The molecule has 0 bridgehead atoms. The lowest BCUT2D eigenvalue weighted by Crippen LogP contribution is -2.17. The number of hydrazone groups is 1. The van der Waals surface area contributed by atoms with E-state index in [0.29, 0.717) is 5.56 Å². The van der Waals surface area contributed by atoms with E-state index in [-0.39, 0.29) is 5.91 Å². The second kappa shape index (κ2) is 7.27. The van der Waals surface area contributed by atoms with E-state index in [9.17, 15) is 4.79 Å². The number of ether oxygens (including phenoxy) is 1. The molecule has 0 aliphatic rings. The zero-order valence-corrected chi connectivity index (χ0v) is 14.6. The number of fused-ring (bicyclic) bond motifs is 1. The number of hydrogen-bond acceptors (Lipinski definition) is 3. The quantitative estimate of drug-likeness (QED) is 0.537. The van der Waals surface area contributed by atoms with Gasteiger partial charge in [-0.05, 0) is 62.6 Å². The molecule has 0 spiro atoms. The summed E-state index contributed by atoms with van der Waals surface area (Å²) in [5.74, 6) is 0.497. The van der Waals surface area contributed by atoms with E-state index in [2.05, 4.69) is 26.5 Å². The molecule has 0 unspecified atom stereocenters. The molecule has 4 nitrogen and oxygen atoms in total. The van der Waals surface area contributed by atoms with E-state index in [1.807, 2.05) is 54.6 Å². The lowest BCUT2D eigenvalue weighted by Gasteiger charge is -2.04. The van der Waals surface area contributed by atoms with Crippen LogP contribution in [0.5, 0.6) is 5.75 Å². The molecule has 120 valence electrons. The van der Waals surface area contributed by atoms with Gasteiger partial charge in [0.15, 0.2) is 0 Å². The molecule has 3 aromatic rings. The van der Waals surface area contributed by atoms with E-state index in [1.54, 1.807) is 19.4 Å². The van der Waals surface area contributed by atoms with E-state index >= 15 is 0 Å². The Bertz CT molecular complexity index is 922. The summed E-state index contributed by atoms with van der Waals surface area (Å²) in [6.45, 7) is 0. The second-order valence-electron chi connectivity index (χ2n) is 5.16. The van der Waals surface area contributed by atoms with Crippen LogP contribution in [0.3, 0.4) is 0 Å². The maximum atomic E-state index is 12.2. The summed E-state index contributed by atoms with van der Waals surface area (Å²) in [6.07, 6.45) is 1.59. The van der Waals surface area contributed by atoms with Gasteiger partial charge in [-0.2, -0.15) is 5.10 Å². The molecule has 0 saturated carbocycles. The van der Waals surface area contributed by atoms with E-state index in [0.717, 1.165) is 26.6 Å². The van der Waals surface area contributed by atoms with Gasteiger partial charge in [-0.15, -0.1) is 0 Å². The Hall–Kier alpha value is -2.66. The number of carbonyl (C=O) groups is 1. The van der Waals surface area contributed by atoms with Crippen molar-refractivity contribution in [3.63, 3.8) is 0 Å². The van der Waals surface area contributed by atoms with Crippen molar-refractivity contribution in [2.45, 2.75) is 0 Å². The van der Waals surface area contributed by atoms with Crippen LogP contribution in [0.15, 0.2) is 70.2 Å². The largest absolute Gasteiger partial charge is 0.496 e. The average molecular weight is 383 g/mol. The van der Waals surface area contributed by atoms with Crippen LogP contribution in [0, 0.1) is 0 Å². The van der Waals surface area contributed by atoms with Crippen LogP contribution in [0.1, 0.15) is 15.9 Å². The van der Waals surface area contributed by atoms with Gasteiger partial charge in [-0.1, -0.05) is 30.3 Å². The number of amides is 1. The van der Waals surface area contributed by atoms with Gasteiger partial charge < -0.3 is 4.74 Å². The van der Waals surface area contributed by atoms with Gasteiger partial charge in [0.2, 0.25) is 0 Å². The SMILES string of the molecule is COc1ccc(/C=N\NC(=O)c2ccc3ccccc3c2)cc1Br. The molecule has 3 aromatic carbocycles. The number of nitrogens with zero attached hydrogens (tertiary/aromatic N) is 1.